The van der Waals surface area contributed by atoms with Gasteiger partial charge in [-0.1, -0.05) is 12.1 Å². The summed E-state index contributed by atoms with van der Waals surface area (Å²) < 4.78 is 7.38. The largest absolute Gasteiger partial charge is 0.490 e. The first-order valence-corrected chi connectivity index (χ1v) is 8.00. The molecule has 1 N–H and O–H groups in total. The molecule has 24 heavy (non-hydrogen) atoms. The van der Waals surface area contributed by atoms with Crippen LogP contribution in [0.15, 0.2) is 36.5 Å². The molecular weight excluding hydrogens is 302 g/mol. The van der Waals surface area contributed by atoms with E-state index in [4.69, 9.17) is 4.74 Å². The number of anilines is 1. The molecule has 0 unspecified atom stereocenters. The first kappa shape index (κ1) is 16.1. The van der Waals surface area contributed by atoms with Crippen LogP contribution < -0.4 is 10.1 Å². The zero-order chi connectivity index (χ0) is 17.3. The van der Waals surface area contributed by atoms with Gasteiger partial charge in [0.1, 0.15) is 5.69 Å². The summed E-state index contributed by atoms with van der Waals surface area (Å²) in [6, 6.07) is 9.71. The van der Waals surface area contributed by atoms with Crippen LogP contribution in [0.5, 0.6) is 5.75 Å². The molecule has 0 atom stereocenters. The molecule has 1 aromatic carbocycles. The quantitative estimate of drug-likeness (QED) is 0.792. The van der Waals surface area contributed by atoms with Crippen LogP contribution in [0.25, 0.3) is 5.65 Å². The molecule has 0 radical (unpaired) electrons. The van der Waals surface area contributed by atoms with Gasteiger partial charge < -0.3 is 10.1 Å². The first-order chi connectivity index (χ1) is 11.5. The van der Waals surface area contributed by atoms with E-state index in [0.29, 0.717) is 29.4 Å². The SMILES string of the molecule is CCOc1cccn2c(C(=O)Nc3cc(C)ccc3C)c(C)nc12. The lowest BCUT2D eigenvalue weighted by Gasteiger charge is -2.10. The number of hydrogen-bond donors (Lipinski definition) is 1. The topological polar surface area (TPSA) is 55.6 Å². The van der Waals surface area contributed by atoms with Gasteiger partial charge in [0, 0.05) is 11.9 Å². The summed E-state index contributed by atoms with van der Waals surface area (Å²) in [4.78, 5) is 17.3. The Bertz CT molecular complexity index is 912. The third kappa shape index (κ3) is 2.85. The lowest BCUT2D eigenvalue weighted by atomic mass is 10.1. The van der Waals surface area contributed by atoms with Crippen molar-refractivity contribution in [1.82, 2.24) is 9.38 Å². The van der Waals surface area contributed by atoms with Gasteiger partial charge in [0.2, 0.25) is 0 Å². The number of benzene rings is 1. The molecule has 1 amide bonds. The van der Waals surface area contributed by atoms with Crippen molar-refractivity contribution in [3.8, 4) is 5.75 Å². The van der Waals surface area contributed by atoms with E-state index in [-0.39, 0.29) is 5.91 Å². The van der Waals surface area contributed by atoms with Gasteiger partial charge in [-0.3, -0.25) is 9.20 Å². The molecule has 0 aliphatic rings. The molecular formula is C19H21N3O2. The summed E-state index contributed by atoms with van der Waals surface area (Å²) in [7, 11) is 0. The summed E-state index contributed by atoms with van der Waals surface area (Å²) in [5.41, 5.74) is 4.79. The second kappa shape index (κ2) is 6.35. The molecule has 0 saturated heterocycles. The maximum atomic E-state index is 12.8. The Morgan fingerprint density at radius 1 is 1.25 bits per heavy atom. The number of carbonyl (C=O) groups excluding carboxylic acids is 1. The van der Waals surface area contributed by atoms with Crippen molar-refractivity contribution >= 4 is 17.2 Å². The Kier molecular flexibility index (Phi) is 4.25. The standard InChI is InChI=1S/C19H21N3O2/c1-5-24-16-7-6-10-22-17(14(4)20-18(16)22)19(23)21-15-11-12(2)8-9-13(15)3/h6-11H,5H2,1-4H3,(H,21,23). The van der Waals surface area contributed by atoms with E-state index < -0.39 is 0 Å². The van der Waals surface area contributed by atoms with Gasteiger partial charge >= 0.3 is 0 Å². The average Bonchev–Trinajstić information content (AvgIpc) is 2.88. The minimum atomic E-state index is -0.178. The summed E-state index contributed by atoms with van der Waals surface area (Å²) in [5.74, 6) is 0.497. The van der Waals surface area contributed by atoms with Gasteiger partial charge in [0.25, 0.3) is 5.91 Å². The van der Waals surface area contributed by atoms with E-state index in [2.05, 4.69) is 10.3 Å². The van der Waals surface area contributed by atoms with Gasteiger partial charge in [-0.15, -0.1) is 0 Å². The highest BCUT2D eigenvalue weighted by molar-refractivity contribution is 6.05. The maximum Gasteiger partial charge on any atom is 0.274 e. The number of rotatable bonds is 4. The molecule has 0 saturated carbocycles. The molecule has 0 spiro atoms. The van der Waals surface area contributed by atoms with Crippen LogP contribution >= 0.6 is 0 Å². The average molecular weight is 323 g/mol. The minimum absolute atomic E-state index is 0.178. The van der Waals surface area contributed by atoms with Crippen LogP contribution in [0.2, 0.25) is 0 Å². The highest BCUT2D eigenvalue weighted by Crippen LogP contribution is 2.23. The number of hydrogen-bond acceptors (Lipinski definition) is 3. The number of aryl methyl sites for hydroxylation is 3. The predicted octanol–water partition coefficient (Wildman–Crippen LogP) is 3.91. The Morgan fingerprint density at radius 3 is 2.79 bits per heavy atom. The fraction of sp³-hybridized carbons (Fsp3) is 0.263. The smallest absolute Gasteiger partial charge is 0.274 e. The van der Waals surface area contributed by atoms with Gasteiger partial charge in [0.05, 0.1) is 12.3 Å². The number of nitrogens with one attached hydrogen (secondary N) is 1. The molecule has 2 aromatic heterocycles. The Hall–Kier alpha value is -2.82. The van der Waals surface area contributed by atoms with Crippen molar-refractivity contribution in [1.29, 1.82) is 0 Å². The Morgan fingerprint density at radius 2 is 2.04 bits per heavy atom. The van der Waals surface area contributed by atoms with Crippen LogP contribution in [0.3, 0.4) is 0 Å². The first-order valence-electron chi connectivity index (χ1n) is 8.00. The van der Waals surface area contributed by atoms with E-state index in [0.717, 1.165) is 16.8 Å². The van der Waals surface area contributed by atoms with Crippen LogP contribution in [0.1, 0.15) is 34.2 Å². The molecule has 2 heterocycles. The summed E-state index contributed by atoms with van der Waals surface area (Å²) in [6.07, 6.45) is 1.83. The monoisotopic (exact) mass is 323 g/mol. The molecule has 0 aliphatic heterocycles. The highest BCUT2D eigenvalue weighted by atomic mass is 16.5. The van der Waals surface area contributed by atoms with E-state index in [1.54, 1.807) is 4.40 Å². The summed E-state index contributed by atoms with van der Waals surface area (Å²) in [6.45, 7) is 8.29. The lowest BCUT2D eigenvalue weighted by Crippen LogP contribution is -2.16. The molecule has 5 nitrogen and oxygen atoms in total. The van der Waals surface area contributed by atoms with E-state index >= 15 is 0 Å². The van der Waals surface area contributed by atoms with Gasteiger partial charge in [0.15, 0.2) is 11.4 Å². The van der Waals surface area contributed by atoms with Gasteiger partial charge in [-0.25, -0.2) is 4.98 Å². The predicted molar refractivity (Wildman–Crippen MR) is 95.0 cm³/mol. The fourth-order valence-corrected chi connectivity index (χ4v) is 2.75. The minimum Gasteiger partial charge on any atom is -0.490 e. The fourth-order valence-electron chi connectivity index (χ4n) is 2.75. The number of aromatic nitrogens is 2. The van der Waals surface area contributed by atoms with Crippen molar-refractivity contribution in [3.05, 3.63) is 59.0 Å². The number of amides is 1. The zero-order valence-electron chi connectivity index (χ0n) is 14.4. The molecule has 3 rings (SSSR count). The Balaban J connectivity index is 2.02. The molecule has 3 aromatic rings. The number of fused-ring (bicyclic) bond motifs is 1. The second-order valence-electron chi connectivity index (χ2n) is 5.82. The molecule has 5 heteroatoms. The number of pyridine rings is 1. The number of carbonyl (C=O) groups is 1. The number of nitrogens with zero attached hydrogens (tertiary/aromatic N) is 2. The summed E-state index contributed by atoms with van der Waals surface area (Å²) >= 11 is 0. The van der Waals surface area contributed by atoms with Crippen molar-refractivity contribution in [2.24, 2.45) is 0 Å². The van der Waals surface area contributed by atoms with Crippen LogP contribution in [-0.2, 0) is 0 Å². The van der Waals surface area contributed by atoms with Crippen LogP contribution in [-0.4, -0.2) is 21.9 Å². The van der Waals surface area contributed by atoms with Crippen molar-refractivity contribution < 1.29 is 9.53 Å². The molecule has 0 bridgehead atoms. The maximum absolute atomic E-state index is 12.8. The Labute approximate surface area is 141 Å². The third-order valence-electron chi connectivity index (χ3n) is 3.94. The van der Waals surface area contributed by atoms with E-state index in [9.17, 15) is 4.79 Å². The van der Waals surface area contributed by atoms with Crippen molar-refractivity contribution in [3.63, 3.8) is 0 Å². The number of ether oxygens (including phenoxy) is 1. The lowest BCUT2D eigenvalue weighted by molar-refractivity contribution is 0.102. The van der Waals surface area contributed by atoms with Crippen molar-refractivity contribution in [2.45, 2.75) is 27.7 Å². The van der Waals surface area contributed by atoms with E-state index in [1.165, 1.54) is 0 Å². The number of imidazole rings is 1. The molecule has 124 valence electrons. The normalized spacial score (nSPS) is 10.8. The van der Waals surface area contributed by atoms with Crippen molar-refractivity contribution in [2.75, 3.05) is 11.9 Å². The zero-order valence-corrected chi connectivity index (χ0v) is 14.4. The van der Waals surface area contributed by atoms with E-state index in [1.807, 2.05) is 64.2 Å². The third-order valence-corrected chi connectivity index (χ3v) is 3.94. The van der Waals surface area contributed by atoms with Gasteiger partial charge in [-0.2, -0.15) is 0 Å². The second-order valence-corrected chi connectivity index (χ2v) is 5.82. The highest BCUT2D eigenvalue weighted by Gasteiger charge is 2.19. The summed E-state index contributed by atoms with van der Waals surface area (Å²) in [5, 5.41) is 3.00. The van der Waals surface area contributed by atoms with Crippen LogP contribution in [0.4, 0.5) is 5.69 Å². The molecule has 0 aliphatic carbocycles. The molecule has 0 fully saturated rings. The van der Waals surface area contributed by atoms with Crippen LogP contribution in [0, 0.1) is 20.8 Å². The van der Waals surface area contributed by atoms with Gasteiger partial charge in [-0.05, 0) is 57.0 Å².